The van der Waals surface area contributed by atoms with Crippen molar-refractivity contribution in [3.05, 3.63) is 95.1 Å². The largest absolute Gasteiger partial charge is 0.367 e. The van der Waals surface area contributed by atoms with Crippen molar-refractivity contribution in [1.29, 1.82) is 0 Å². The molecular formula is C28H28F2N4O3. The molecule has 3 aromatic carbocycles. The van der Waals surface area contributed by atoms with E-state index in [9.17, 15) is 23.2 Å². The van der Waals surface area contributed by atoms with Crippen molar-refractivity contribution in [1.82, 2.24) is 10.2 Å². The van der Waals surface area contributed by atoms with E-state index >= 15 is 0 Å². The molecule has 4 rings (SSSR count). The molecule has 0 radical (unpaired) electrons. The van der Waals surface area contributed by atoms with E-state index in [2.05, 4.69) is 10.6 Å². The van der Waals surface area contributed by atoms with Crippen molar-refractivity contribution in [2.75, 3.05) is 36.4 Å². The van der Waals surface area contributed by atoms with E-state index in [1.54, 1.807) is 48.2 Å². The number of nitrogens with zero attached hydrogens (tertiary/aromatic N) is 2. The van der Waals surface area contributed by atoms with Crippen LogP contribution >= 0.6 is 0 Å². The van der Waals surface area contributed by atoms with Crippen LogP contribution in [0.25, 0.3) is 0 Å². The van der Waals surface area contributed by atoms with Gasteiger partial charge in [-0.25, -0.2) is 8.78 Å². The van der Waals surface area contributed by atoms with Crippen molar-refractivity contribution >= 4 is 29.1 Å². The quantitative estimate of drug-likeness (QED) is 0.503. The molecule has 7 nitrogen and oxygen atoms in total. The molecule has 1 aliphatic heterocycles. The second-order valence-corrected chi connectivity index (χ2v) is 8.73. The Bertz CT molecular complexity index is 1290. The second-order valence-electron chi connectivity index (χ2n) is 8.73. The third-order valence-corrected chi connectivity index (χ3v) is 6.19. The predicted octanol–water partition coefficient (Wildman–Crippen LogP) is 4.21. The summed E-state index contributed by atoms with van der Waals surface area (Å²) >= 11 is 0. The monoisotopic (exact) mass is 506 g/mol. The molecule has 0 atom stereocenters. The number of benzene rings is 3. The van der Waals surface area contributed by atoms with Crippen LogP contribution in [-0.2, 0) is 11.3 Å². The smallest absolute Gasteiger partial charge is 0.254 e. The third-order valence-electron chi connectivity index (χ3n) is 6.19. The Morgan fingerprint density at radius 3 is 2.27 bits per heavy atom. The molecule has 0 aromatic heterocycles. The first-order chi connectivity index (χ1) is 17.8. The van der Waals surface area contributed by atoms with Gasteiger partial charge in [-0.2, -0.15) is 0 Å². The van der Waals surface area contributed by atoms with E-state index in [0.717, 1.165) is 5.56 Å². The number of carbonyl (C=O) groups excluding carboxylic acids is 3. The maximum atomic E-state index is 13.6. The van der Waals surface area contributed by atoms with Crippen LogP contribution in [0.1, 0.15) is 39.6 Å². The number of hydrogen-bond donors (Lipinski definition) is 2. The number of piperazine rings is 1. The number of carbonyl (C=O) groups is 3. The summed E-state index contributed by atoms with van der Waals surface area (Å²) in [6, 6.07) is 16.6. The van der Waals surface area contributed by atoms with Crippen molar-refractivity contribution in [3.63, 3.8) is 0 Å². The van der Waals surface area contributed by atoms with Gasteiger partial charge in [0.15, 0.2) is 0 Å². The topological polar surface area (TPSA) is 81.8 Å². The number of amides is 3. The van der Waals surface area contributed by atoms with E-state index in [1.165, 1.54) is 30.3 Å². The summed E-state index contributed by atoms with van der Waals surface area (Å²) in [5.74, 6) is -1.57. The van der Waals surface area contributed by atoms with E-state index < -0.39 is 5.82 Å². The molecule has 0 spiro atoms. The molecule has 0 aliphatic carbocycles. The number of hydrogen-bond acceptors (Lipinski definition) is 4. The molecule has 0 unspecified atom stereocenters. The molecule has 0 bridgehead atoms. The van der Waals surface area contributed by atoms with Gasteiger partial charge in [-0.1, -0.05) is 25.1 Å². The van der Waals surface area contributed by atoms with Gasteiger partial charge in [-0.05, 0) is 54.1 Å². The van der Waals surface area contributed by atoms with E-state index in [4.69, 9.17) is 0 Å². The summed E-state index contributed by atoms with van der Waals surface area (Å²) < 4.78 is 26.8. The summed E-state index contributed by atoms with van der Waals surface area (Å²) in [5.41, 5.74) is 2.59. The highest BCUT2D eigenvalue weighted by Gasteiger charge is 2.25. The molecule has 3 aromatic rings. The lowest BCUT2D eigenvalue weighted by atomic mass is 10.1. The number of halogens is 2. The molecule has 9 heteroatoms. The van der Waals surface area contributed by atoms with Gasteiger partial charge < -0.3 is 20.4 Å². The fourth-order valence-electron chi connectivity index (χ4n) is 4.16. The van der Waals surface area contributed by atoms with Crippen LogP contribution in [0, 0.1) is 11.6 Å². The van der Waals surface area contributed by atoms with Gasteiger partial charge in [0.25, 0.3) is 11.8 Å². The predicted molar refractivity (Wildman–Crippen MR) is 137 cm³/mol. The van der Waals surface area contributed by atoms with Gasteiger partial charge in [0.2, 0.25) is 5.91 Å². The minimum Gasteiger partial charge on any atom is -0.367 e. The van der Waals surface area contributed by atoms with Crippen LogP contribution in [-0.4, -0.2) is 48.8 Å². The van der Waals surface area contributed by atoms with Crippen molar-refractivity contribution in [2.24, 2.45) is 0 Å². The first-order valence-electron chi connectivity index (χ1n) is 12.1. The molecular weight excluding hydrogens is 478 g/mol. The Balaban J connectivity index is 1.50. The third kappa shape index (κ3) is 6.49. The van der Waals surface area contributed by atoms with Crippen LogP contribution in [0.4, 0.5) is 20.2 Å². The molecule has 37 heavy (non-hydrogen) atoms. The Morgan fingerprint density at radius 1 is 0.865 bits per heavy atom. The van der Waals surface area contributed by atoms with Crippen LogP contribution in [0.15, 0.2) is 66.7 Å². The molecule has 3 amide bonds. The average Bonchev–Trinajstić information content (AvgIpc) is 2.92. The zero-order valence-electron chi connectivity index (χ0n) is 20.5. The van der Waals surface area contributed by atoms with Gasteiger partial charge >= 0.3 is 0 Å². The molecule has 0 saturated carbocycles. The summed E-state index contributed by atoms with van der Waals surface area (Å²) in [6.07, 6.45) is 0.301. The zero-order valence-corrected chi connectivity index (χ0v) is 20.5. The summed E-state index contributed by atoms with van der Waals surface area (Å²) in [7, 11) is 0. The fraction of sp³-hybridized carbons (Fsp3) is 0.250. The zero-order chi connectivity index (χ0) is 26.4. The summed E-state index contributed by atoms with van der Waals surface area (Å²) in [5, 5.41) is 5.64. The van der Waals surface area contributed by atoms with Crippen LogP contribution in [0.5, 0.6) is 0 Å². The molecule has 2 N–H and O–H groups in total. The average molecular weight is 507 g/mol. The van der Waals surface area contributed by atoms with Gasteiger partial charge in [0.05, 0.1) is 5.56 Å². The fourth-order valence-corrected chi connectivity index (χ4v) is 4.16. The van der Waals surface area contributed by atoms with Gasteiger partial charge in [0.1, 0.15) is 11.6 Å². The van der Waals surface area contributed by atoms with Crippen LogP contribution in [0.2, 0.25) is 0 Å². The minimum absolute atomic E-state index is 0.171. The second kappa shape index (κ2) is 11.6. The van der Waals surface area contributed by atoms with Crippen molar-refractivity contribution < 1.29 is 23.2 Å². The molecule has 1 aliphatic rings. The molecule has 192 valence electrons. The number of anilines is 2. The lowest BCUT2D eigenvalue weighted by Gasteiger charge is -2.37. The van der Waals surface area contributed by atoms with Gasteiger partial charge in [-0.15, -0.1) is 0 Å². The molecule has 1 fully saturated rings. The highest BCUT2D eigenvalue weighted by atomic mass is 19.1. The molecule has 1 heterocycles. The Kier molecular flexibility index (Phi) is 8.12. The number of rotatable bonds is 7. The van der Waals surface area contributed by atoms with Crippen molar-refractivity contribution in [2.45, 2.75) is 19.9 Å². The maximum Gasteiger partial charge on any atom is 0.254 e. The van der Waals surface area contributed by atoms with E-state index in [1.807, 2.05) is 4.90 Å². The van der Waals surface area contributed by atoms with E-state index in [-0.39, 0.29) is 30.1 Å². The van der Waals surface area contributed by atoms with Crippen molar-refractivity contribution in [3.8, 4) is 0 Å². The Morgan fingerprint density at radius 2 is 1.59 bits per heavy atom. The standard InChI is InChI=1S/C28H28F2N4O3/c1-2-26(35)32-23-10-11-25(24(17-23)27(36)31-18-19-6-8-21(29)9-7-19)33-12-14-34(15-13-33)28(37)20-4-3-5-22(30)16-20/h3-11,16-17H,2,12-15,18H2,1H3,(H,31,36)(H,32,35). The Hall–Kier alpha value is -4.27. The van der Waals surface area contributed by atoms with Gasteiger partial charge in [0, 0.05) is 56.1 Å². The minimum atomic E-state index is -0.462. The SMILES string of the molecule is CCC(=O)Nc1ccc(N2CCN(C(=O)c3cccc(F)c3)CC2)c(C(=O)NCc2ccc(F)cc2)c1. The van der Waals surface area contributed by atoms with Gasteiger partial charge in [-0.3, -0.25) is 14.4 Å². The van der Waals surface area contributed by atoms with Crippen LogP contribution < -0.4 is 15.5 Å². The Labute approximate surface area is 214 Å². The summed E-state index contributed by atoms with van der Waals surface area (Å²) in [6.45, 7) is 3.70. The highest BCUT2D eigenvalue weighted by Crippen LogP contribution is 2.26. The lowest BCUT2D eigenvalue weighted by Crippen LogP contribution is -2.49. The first kappa shape index (κ1) is 25.8. The molecule has 1 saturated heterocycles. The lowest BCUT2D eigenvalue weighted by molar-refractivity contribution is -0.115. The highest BCUT2D eigenvalue weighted by molar-refractivity contribution is 6.02. The maximum absolute atomic E-state index is 13.6. The first-order valence-corrected chi connectivity index (χ1v) is 12.1. The van der Waals surface area contributed by atoms with Crippen LogP contribution in [0.3, 0.4) is 0 Å². The van der Waals surface area contributed by atoms with E-state index in [0.29, 0.717) is 55.1 Å². The number of nitrogens with one attached hydrogen (secondary N) is 2. The summed E-state index contributed by atoms with van der Waals surface area (Å²) in [4.78, 5) is 41.6. The normalized spacial score (nSPS) is 13.3.